The van der Waals surface area contributed by atoms with Gasteiger partial charge in [-0.2, -0.15) is 5.10 Å². The molecular formula is C21H19N5OS. The van der Waals surface area contributed by atoms with Crippen LogP contribution in [-0.2, 0) is 0 Å². The first-order chi connectivity index (χ1) is 13.8. The number of anilines is 1. The van der Waals surface area contributed by atoms with Crippen LogP contribution in [0.5, 0.6) is 0 Å². The van der Waals surface area contributed by atoms with Gasteiger partial charge in [0.05, 0.1) is 16.1 Å². The van der Waals surface area contributed by atoms with Crippen LogP contribution in [0.2, 0.25) is 0 Å². The van der Waals surface area contributed by atoms with Gasteiger partial charge in [0.15, 0.2) is 5.82 Å². The lowest BCUT2D eigenvalue weighted by atomic mass is 10.2. The number of rotatable bonds is 3. The summed E-state index contributed by atoms with van der Waals surface area (Å²) in [5.74, 6) is 0.922. The van der Waals surface area contributed by atoms with E-state index in [4.69, 9.17) is 0 Å². The third-order valence-electron chi connectivity index (χ3n) is 5.06. The molecule has 1 aliphatic rings. The second-order valence-electron chi connectivity index (χ2n) is 6.79. The molecule has 1 N–H and O–H groups in total. The molecule has 1 aromatic carbocycles. The summed E-state index contributed by atoms with van der Waals surface area (Å²) in [5, 5.41) is 10.7. The number of hydrogen-bond acceptors (Lipinski definition) is 5. The number of para-hydroxylation sites is 1. The van der Waals surface area contributed by atoms with Gasteiger partial charge in [0, 0.05) is 37.6 Å². The van der Waals surface area contributed by atoms with Crippen LogP contribution in [0.1, 0.15) is 10.5 Å². The van der Waals surface area contributed by atoms with Gasteiger partial charge in [-0.25, -0.2) is 4.98 Å². The van der Waals surface area contributed by atoms with E-state index in [1.165, 1.54) is 4.88 Å². The normalized spacial score (nSPS) is 14.6. The number of amides is 1. The van der Waals surface area contributed by atoms with Crippen molar-refractivity contribution < 1.29 is 4.79 Å². The highest BCUT2D eigenvalue weighted by Crippen LogP contribution is 2.26. The number of pyridine rings is 1. The average molecular weight is 389 g/mol. The first-order valence-corrected chi connectivity index (χ1v) is 10.2. The predicted octanol–water partition coefficient (Wildman–Crippen LogP) is 3.65. The molecule has 3 aromatic heterocycles. The van der Waals surface area contributed by atoms with Crippen molar-refractivity contribution in [3.63, 3.8) is 0 Å². The zero-order valence-corrected chi connectivity index (χ0v) is 16.0. The van der Waals surface area contributed by atoms with Crippen LogP contribution in [0.3, 0.4) is 0 Å². The van der Waals surface area contributed by atoms with Crippen molar-refractivity contribution in [2.75, 3.05) is 31.1 Å². The van der Waals surface area contributed by atoms with Gasteiger partial charge in [-0.3, -0.25) is 9.89 Å². The second-order valence-corrected chi connectivity index (χ2v) is 7.73. The minimum atomic E-state index is -0.00768. The van der Waals surface area contributed by atoms with Crippen LogP contribution in [0.4, 0.5) is 5.82 Å². The van der Waals surface area contributed by atoms with Crippen molar-refractivity contribution in [2.24, 2.45) is 0 Å². The van der Waals surface area contributed by atoms with Gasteiger partial charge in [-0.05, 0) is 23.6 Å². The number of hydrogen-bond donors (Lipinski definition) is 1. The standard InChI is InChI=1S/C21H19N5OS/c27-21(17-8-7-15-4-1-2-5-16(15)22-17)26-11-9-25(10-12-26)20-14-18(23-24-20)19-6-3-13-28-19/h1-8,13-14H,9-12H2,(H,23,24). The maximum atomic E-state index is 12.9. The Morgan fingerprint density at radius 2 is 1.86 bits per heavy atom. The molecule has 1 saturated heterocycles. The topological polar surface area (TPSA) is 65.1 Å². The van der Waals surface area contributed by atoms with E-state index in [9.17, 15) is 4.79 Å². The SMILES string of the molecule is O=C(c1ccc2ccccc2n1)N1CCN(c2cc(-c3cccs3)[nH]n2)CC1. The van der Waals surface area contributed by atoms with Crippen molar-refractivity contribution in [3.05, 3.63) is 65.7 Å². The van der Waals surface area contributed by atoms with Crippen LogP contribution in [0.25, 0.3) is 21.5 Å². The summed E-state index contributed by atoms with van der Waals surface area (Å²) in [4.78, 5) is 22.7. The Labute approximate surface area is 166 Å². The fourth-order valence-electron chi connectivity index (χ4n) is 3.52. The molecular weight excluding hydrogens is 370 g/mol. The van der Waals surface area contributed by atoms with Gasteiger partial charge >= 0.3 is 0 Å². The molecule has 4 heterocycles. The maximum Gasteiger partial charge on any atom is 0.272 e. The number of H-pyrrole nitrogens is 1. The number of aromatic nitrogens is 3. The van der Waals surface area contributed by atoms with Gasteiger partial charge in [-0.1, -0.05) is 30.3 Å². The first-order valence-electron chi connectivity index (χ1n) is 9.27. The lowest BCUT2D eigenvalue weighted by Crippen LogP contribution is -2.49. The van der Waals surface area contributed by atoms with Crippen molar-refractivity contribution in [1.29, 1.82) is 0 Å². The molecule has 1 aliphatic heterocycles. The van der Waals surface area contributed by atoms with Gasteiger partial charge in [0.1, 0.15) is 5.69 Å². The fourth-order valence-corrected chi connectivity index (χ4v) is 4.21. The Balaban J connectivity index is 1.27. The highest BCUT2D eigenvalue weighted by Gasteiger charge is 2.24. The zero-order chi connectivity index (χ0) is 18.9. The predicted molar refractivity (Wildman–Crippen MR) is 112 cm³/mol. The van der Waals surface area contributed by atoms with E-state index in [2.05, 4.69) is 37.6 Å². The monoisotopic (exact) mass is 389 g/mol. The van der Waals surface area contributed by atoms with Gasteiger partial charge in [-0.15, -0.1) is 11.3 Å². The number of benzene rings is 1. The average Bonchev–Trinajstić information content (AvgIpc) is 3.45. The molecule has 5 rings (SSSR count). The summed E-state index contributed by atoms with van der Waals surface area (Å²) >= 11 is 1.69. The largest absolute Gasteiger partial charge is 0.352 e. The number of aromatic amines is 1. The Morgan fingerprint density at radius 3 is 2.68 bits per heavy atom. The lowest BCUT2D eigenvalue weighted by Gasteiger charge is -2.34. The number of piperazine rings is 1. The minimum Gasteiger partial charge on any atom is -0.352 e. The Hall–Kier alpha value is -3.19. The molecule has 140 valence electrons. The van der Waals surface area contributed by atoms with E-state index in [0.717, 1.165) is 35.5 Å². The third-order valence-corrected chi connectivity index (χ3v) is 5.96. The Bertz CT molecular complexity index is 1110. The Kier molecular flexibility index (Phi) is 4.29. The molecule has 1 amide bonds. The summed E-state index contributed by atoms with van der Waals surface area (Å²) in [6.45, 7) is 2.84. The van der Waals surface area contributed by atoms with Crippen LogP contribution in [-0.4, -0.2) is 52.2 Å². The van der Waals surface area contributed by atoms with Crippen LogP contribution >= 0.6 is 11.3 Å². The zero-order valence-electron chi connectivity index (χ0n) is 15.2. The van der Waals surface area contributed by atoms with Crippen LogP contribution in [0, 0.1) is 0 Å². The molecule has 28 heavy (non-hydrogen) atoms. The molecule has 0 spiro atoms. The number of fused-ring (bicyclic) bond motifs is 1. The number of carbonyl (C=O) groups is 1. The van der Waals surface area contributed by atoms with E-state index in [0.29, 0.717) is 18.8 Å². The second kappa shape index (κ2) is 7.09. The van der Waals surface area contributed by atoms with E-state index in [1.54, 1.807) is 11.3 Å². The quantitative estimate of drug-likeness (QED) is 0.581. The van der Waals surface area contributed by atoms with E-state index >= 15 is 0 Å². The van der Waals surface area contributed by atoms with E-state index in [-0.39, 0.29) is 5.91 Å². The van der Waals surface area contributed by atoms with Gasteiger partial charge < -0.3 is 9.80 Å². The highest BCUT2D eigenvalue weighted by molar-refractivity contribution is 7.13. The molecule has 0 unspecified atom stereocenters. The van der Waals surface area contributed by atoms with Gasteiger partial charge in [0.2, 0.25) is 0 Å². The number of carbonyl (C=O) groups excluding carboxylic acids is 1. The molecule has 4 aromatic rings. The molecule has 0 atom stereocenters. The summed E-state index contributed by atoms with van der Waals surface area (Å²) in [6, 6.07) is 17.8. The van der Waals surface area contributed by atoms with Crippen molar-refractivity contribution >= 4 is 34.0 Å². The molecule has 0 bridgehead atoms. The van der Waals surface area contributed by atoms with E-state index in [1.807, 2.05) is 47.4 Å². The Morgan fingerprint density at radius 1 is 1.00 bits per heavy atom. The molecule has 0 aliphatic carbocycles. The third kappa shape index (κ3) is 3.14. The number of nitrogens with zero attached hydrogens (tertiary/aromatic N) is 4. The highest BCUT2D eigenvalue weighted by atomic mass is 32.1. The minimum absolute atomic E-state index is 0.00768. The number of thiophene rings is 1. The van der Waals surface area contributed by atoms with Gasteiger partial charge in [0.25, 0.3) is 5.91 Å². The molecule has 6 nitrogen and oxygen atoms in total. The van der Waals surface area contributed by atoms with Crippen molar-refractivity contribution in [3.8, 4) is 10.6 Å². The summed E-state index contributed by atoms with van der Waals surface area (Å²) in [7, 11) is 0. The lowest BCUT2D eigenvalue weighted by molar-refractivity contribution is 0.0741. The molecule has 0 radical (unpaired) electrons. The molecule has 7 heteroatoms. The van der Waals surface area contributed by atoms with E-state index < -0.39 is 0 Å². The van der Waals surface area contributed by atoms with Crippen LogP contribution < -0.4 is 4.90 Å². The summed E-state index contributed by atoms with van der Waals surface area (Å²) in [6.07, 6.45) is 0. The molecule has 1 fully saturated rings. The summed E-state index contributed by atoms with van der Waals surface area (Å²) < 4.78 is 0. The van der Waals surface area contributed by atoms with Crippen molar-refractivity contribution in [2.45, 2.75) is 0 Å². The summed E-state index contributed by atoms with van der Waals surface area (Å²) in [5.41, 5.74) is 2.39. The first kappa shape index (κ1) is 16.9. The smallest absolute Gasteiger partial charge is 0.272 e. The fraction of sp³-hybridized carbons (Fsp3) is 0.190. The molecule has 0 saturated carbocycles. The number of nitrogens with one attached hydrogen (secondary N) is 1. The van der Waals surface area contributed by atoms with Crippen molar-refractivity contribution in [1.82, 2.24) is 20.1 Å². The maximum absolute atomic E-state index is 12.9. The van der Waals surface area contributed by atoms with Crippen LogP contribution in [0.15, 0.2) is 60.0 Å².